The minimum absolute atomic E-state index is 0.00466. The molecule has 0 atom stereocenters. The number of pyridine rings is 1. The summed E-state index contributed by atoms with van der Waals surface area (Å²) in [4.78, 5) is 6.44. The Bertz CT molecular complexity index is 926. The quantitative estimate of drug-likeness (QED) is 0.632. The first kappa shape index (κ1) is 22.5. The fourth-order valence-corrected chi connectivity index (χ4v) is 4.84. The van der Waals surface area contributed by atoms with E-state index in [4.69, 9.17) is 12.2 Å². The topological polar surface area (TPSA) is 77.6 Å². The summed E-state index contributed by atoms with van der Waals surface area (Å²) in [6.45, 7) is 6.75. The zero-order valence-corrected chi connectivity index (χ0v) is 19.0. The van der Waals surface area contributed by atoms with E-state index in [1.807, 2.05) is 30.3 Å². The van der Waals surface area contributed by atoms with Crippen molar-refractivity contribution < 1.29 is 8.42 Å². The number of hydrogen-bond donors (Lipinski definition) is 2. The predicted molar refractivity (Wildman–Crippen MR) is 127 cm³/mol. The maximum absolute atomic E-state index is 12.7. The van der Waals surface area contributed by atoms with Gasteiger partial charge in [-0.25, -0.2) is 13.4 Å². The van der Waals surface area contributed by atoms with Crippen molar-refractivity contribution in [3.63, 3.8) is 0 Å². The number of piperazine rings is 1. The molecule has 2 heterocycles. The zero-order chi connectivity index (χ0) is 21.6. The van der Waals surface area contributed by atoms with E-state index in [1.54, 1.807) is 10.5 Å². The number of hydrogen-bond acceptors (Lipinski definition) is 5. The van der Waals surface area contributed by atoms with E-state index in [9.17, 15) is 8.42 Å². The van der Waals surface area contributed by atoms with Crippen molar-refractivity contribution in [3.05, 3.63) is 54.2 Å². The van der Waals surface area contributed by atoms with E-state index >= 15 is 0 Å². The average Bonchev–Trinajstić information content (AvgIpc) is 2.75. The molecule has 2 N–H and O–H groups in total. The minimum atomic E-state index is -3.34. The highest BCUT2D eigenvalue weighted by Gasteiger charge is 2.27. The second-order valence-corrected chi connectivity index (χ2v) is 10.0. The standard InChI is InChI=1S/C21H29N5O2S2/c1-17(2)18-6-8-19(9-7-18)24-21(29)23-11-16-30(27,28)26-14-12-25(13-15-26)20-5-3-4-10-22-20/h3-10,17H,11-16H2,1-2H3,(H2,23,24,29). The molecule has 0 saturated carbocycles. The molecule has 0 radical (unpaired) electrons. The molecule has 1 aromatic heterocycles. The van der Waals surface area contributed by atoms with Crippen LogP contribution in [0.4, 0.5) is 11.5 Å². The van der Waals surface area contributed by atoms with Crippen LogP contribution in [0.15, 0.2) is 48.7 Å². The van der Waals surface area contributed by atoms with Gasteiger partial charge in [0.25, 0.3) is 0 Å². The van der Waals surface area contributed by atoms with Crippen LogP contribution in [0, 0.1) is 0 Å². The number of nitrogens with zero attached hydrogens (tertiary/aromatic N) is 3. The van der Waals surface area contributed by atoms with Gasteiger partial charge < -0.3 is 15.5 Å². The lowest BCUT2D eigenvalue weighted by atomic mass is 10.0. The van der Waals surface area contributed by atoms with Gasteiger partial charge in [0.1, 0.15) is 5.82 Å². The molecular weight excluding hydrogens is 418 g/mol. The molecule has 1 fully saturated rings. The van der Waals surface area contributed by atoms with Gasteiger partial charge in [0.15, 0.2) is 5.11 Å². The molecule has 0 aliphatic carbocycles. The van der Waals surface area contributed by atoms with Crippen molar-refractivity contribution in [1.29, 1.82) is 0 Å². The van der Waals surface area contributed by atoms with Crippen LogP contribution in [0.5, 0.6) is 0 Å². The lowest BCUT2D eigenvalue weighted by Gasteiger charge is -2.34. The van der Waals surface area contributed by atoms with Crippen LogP contribution in [0.1, 0.15) is 25.3 Å². The van der Waals surface area contributed by atoms with Crippen LogP contribution >= 0.6 is 12.2 Å². The fraction of sp³-hybridized carbons (Fsp3) is 0.429. The highest BCUT2D eigenvalue weighted by molar-refractivity contribution is 7.89. The van der Waals surface area contributed by atoms with E-state index in [0.717, 1.165) is 11.5 Å². The summed E-state index contributed by atoms with van der Waals surface area (Å²) in [6.07, 6.45) is 1.75. The second-order valence-electron chi connectivity index (χ2n) is 7.55. The van der Waals surface area contributed by atoms with Gasteiger partial charge >= 0.3 is 0 Å². The van der Waals surface area contributed by atoms with Crippen molar-refractivity contribution >= 4 is 38.9 Å². The Morgan fingerprint density at radius 2 is 1.80 bits per heavy atom. The molecule has 2 aromatic rings. The normalized spacial score (nSPS) is 15.2. The number of thiocarbonyl (C=S) groups is 1. The summed E-state index contributed by atoms with van der Waals surface area (Å²) >= 11 is 5.29. The lowest BCUT2D eigenvalue weighted by molar-refractivity contribution is 0.384. The van der Waals surface area contributed by atoms with Gasteiger partial charge in [-0.2, -0.15) is 4.31 Å². The van der Waals surface area contributed by atoms with Gasteiger partial charge in [0.2, 0.25) is 10.0 Å². The van der Waals surface area contributed by atoms with Crippen LogP contribution < -0.4 is 15.5 Å². The fourth-order valence-electron chi connectivity index (χ4n) is 3.29. The Morgan fingerprint density at radius 3 is 2.40 bits per heavy atom. The number of anilines is 2. The first-order valence-electron chi connectivity index (χ1n) is 10.1. The minimum Gasteiger partial charge on any atom is -0.361 e. The number of benzene rings is 1. The van der Waals surface area contributed by atoms with Crippen molar-refractivity contribution in [2.75, 3.05) is 48.7 Å². The number of sulfonamides is 1. The van der Waals surface area contributed by atoms with Crippen LogP contribution in [0.25, 0.3) is 0 Å². The zero-order valence-electron chi connectivity index (χ0n) is 17.4. The van der Waals surface area contributed by atoms with Gasteiger partial charge in [-0.15, -0.1) is 0 Å². The first-order valence-corrected chi connectivity index (χ1v) is 12.2. The molecule has 1 aliphatic rings. The Morgan fingerprint density at radius 1 is 1.10 bits per heavy atom. The monoisotopic (exact) mass is 447 g/mol. The molecule has 1 aliphatic heterocycles. The summed E-state index contributed by atoms with van der Waals surface area (Å²) < 4.78 is 26.9. The van der Waals surface area contributed by atoms with E-state index in [2.05, 4.69) is 46.5 Å². The third-order valence-corrected chi connectivity index (χ3v) is 7.20. The molecule has 9 heteroatoms. The lowest BCUT2D eigenvalue weighted by Crippen LogP contribution is -2.50. The Balaban J connectivity index is 1.42. The molecule has 1 saturated heterocycles. The molecule has 162 valence electrons. The summed E-state index contributed by atoms with van der Waals surface area (Å²) in [7, 11) is -3.34. The Labute approximate surface area is 184 Å². The molecule has 3 rings (SSSR count). The molecule has 0 spiro atoms. The maximum atomic E-state index is 12.7. The van der Waals surface area contributed by atoms with Crippen molar-refractivity contribution in [2.45, 2.75) is 19.8 Å². The second kappa shape index (κ2) is 10.2. The average molecular weight is 448 g/mol. The van der Waals surface area contributed by atoms with Crippen molar-refractivity contribution in [2.24, 2.45) is 0 Å². The van der Waals surface area contributed by atoms with E-state index in [-0.39, 0.29) is 12.3 Å². The van der Waals surface area contributed by atoms with E-state index in [0.29, 0.717) is 37.2 Å². The summed E-state index contributed by atoms with van der Waals surface area (Å²) in [5.41, 5.74) is 2.14. The molecule has 30 heavy (non-hydrogen) atoms. The van der Waals surface area contributed by atoms with Crippen LogP contribution in [0.3, 0.4) is 0 Å². The molecule has 0 bridgehead atoms. The summed E-state index contributed by atoms with van der Waals surface area (Å²) in [5.74, 6) is 1.36. The number of rotatable bonds is 7. The highest BCUT2D eigenvalue weighted by atomic mass is 32.2. The number of aromatic nitrogens is 1. The SMILES string of the molecule is CC(C)c1ccc(NC(=S)NCCS(=O)(=O)N2CCN(c3ccccn3)CC2)cc1. The summed E-state index contributed by atoms with van der Waals surface area (Å²) in [5, 5.41) is 6.51. The van der Waals surface area contributed by atoms with Crippen molar-refractivity contribution in [1.82, 2.24) is 14.6 Å². The van der Waals surface area contributed by atoms with E-state index < -0.39 is 10.0 Å². The van der Waals surface area contributed by atoms with Gasteiger partial charge in [-0.1, -0.05) is 32.0 Å². The van der Waals surface area contributed by atoms with Crippen LogP contribution in [-0.2, 0) is 10.0 Å². The van der Waals surface area contributed by atoms with Gasteiger partial charge in [-0.3, -0.25) is 0 Å². The maximum Gasteiger partial charge on any atom is 0.215 e. The van der Waals surface area contributed by atoms with Gasteiger partial charge in [-0.05, 0) is 48.0 Å². The van der Waals surface area contributed by atoms with Gasteiger partial charge in [0, 0.05) is 44.6 Å². The van der Waals surface area contributed by atoms with Crippen LogP contribution in [0.2, 0.25) is 0 Å². The molecule has 7 nitrogen and oxygen atoms in total. The molecule has 0 unspecified atom stereocenters. The smallest absolute Gasteiger partial charge is 0.215 e. The van der Waals surface area contributed by atoms with Gasteiger partial charge in [0.05, 0.1) is 5.75 Å². The molecular formula is C21H29N5O2S2. The van der Waals surface area contributed by atoms with Crippen LogP contribution in [-0.4, -0.2) is 61.3 Å². The summed E-state index contributed by atoms with van der Waals surface area (Å²) in [6, 6.07) is 13.8. The molecule has 0 amide bonds. The third-order valence-electron chi connectivity index (χ3n) is 5.09. The van der Waals surface area contributed by atoms with E-state index in [1.165, 1.54) is 5.56 Å². The predicted octanol–water partition coefficient (Wildman–Crippen LogP) is 2.64. The Hall–Kier alpha value is -2.23. The number of nitrogens with one attached hydrogen (secondary N) is 2. The largest absolute Gasteiger partial charge is 0.361 e. The highest BCUT2D eigenvalue weighted by Crippen LogP contribution is 2.17. The third kappa shape index (κ3) is 6.13. The Kier molecular flexibility index (Phi) is 7.63. The first-order chi connectivity index (χ1) is 14.3. The molecule has 1 aromatic carbocycles. The van der Waals surface area contributed by atoms with Crippen molar-refractivity contribution in [3.8, 4) is 0 Å².